The van der Waals surface area contributed by atoms with Gasteiger partial charge in [-0.25, -0.2) is 0 Å². The Bertz CT molecular complexity index is 147. The Balaban J connectivity index is 2.55. The maximum atomic E-state index is 5.54. The second-order valence-electron chi connectivity index (χ2n) is 3.65. The summed E-state index contributed by atoms with van der Waals surface area (Å²) in [5.41, 5.74) is -0.00454. The molecule has 72 valence electrons. The van der Waals surface area contributed by atoms with Crippen molar-refractivity contribution in [3.8, 4) is 0 Å². The lowest BCUT2D eigenvalue weighted by molar-refractivity contribution is -0.00520. The first-order valence-electron chi connectivity index (χ1n) is 4.55. The predicted molar refractivity (Wildman–Crippen MR) is 54.5 cm³/mol. The van der Waals surface area contributed by atoms with Crippen LogP contribution >= 0.6 is 11.8 Å². The zero-order valence-corrected chi connectivity index (χ0v) is 9.20. The summed E-state index contributed by atoms with van der Waals surface area (Å²) < 4.78 is 5.54. The molecule has 0 aromatic rings. The SMILES string of the molecule is CCC(C)(OC)C1NC(C)CS1. The van der Waals surface area contributed by atoms with E-state index in [2.05, 4.69) is 26.1 Å². The van der Waals surface area contributed by atoms with Crippen LogP contribution in [0.4, 0.5) is 0 Å². The highest BCUT2D eigenvalue weighted by Crippen LogP contribution is 2.32. The molecule has 1 rings (SSSR count). The quantitative estimate of drug-likeness (QED) is 0.732. The minimum atomic E-state index is -0.00454. The molecule has 0 radical (unpaired) electrons. The summed E-state index contributed by atoms with van der Waals surface area (Å²) in [5, 5.41) is 3.99. The molecule has 0 spiro atoms. The number of thioether (sulfide) groups is 1. The van der Waals surface area contributed by atoms with E-state index in [1.165, 1.54) is 5.75 Å². The Morgan fingerprint density at radius 1 is 1.67 bits per heavy atom. The van der Waals surface area contributed by atoms with Crippen molar-refractivity contribution in [1.29, 1.82) is 0 Å². The Morgan fingerprint density at radius 2 is 2.33 bits per heavy atom. The second-order valence-corrected chi connectivity index (χ2v) is 4.79. The van der Waals surface area contributed by atoms with Gasteiger partial charge in [0.15, 0.2) is 0 Å². The molecule has 1 heterocycles. The van der Waals surface area contributed by atoms with Gasteiger partial charge in [0.2, 0.25) is 0 Å². The van der Waals surface area contributed by atoms with Crippen LogP contribution in [0.15, 0.2) is 0 Å². The van der Waals surface area contributed by atoms with Crippen LogP contribution in [0.25, 0.3) is 0 Å². The van der Waals surface area contributed by atoms with Gasteiger partial charge in [-0.15, -0.1) is 11.8 Å². The van der Waals surface area contributed by atoms with Gasteiger partial charge in [-0.3, -0.25) is 5.32 Å². The molecule has 12 heavy (non-hydrogen) atoms. The Labute approximate surface area is 79.4 Å². The Morgan fingerprint density at radius 3 is 2.67 bits per heavy atom. The number of methoxy groups -OCH3 is 1. The van der Waals surface area contributed by atoms with E-state index in [0.717, 1.165) is 6.42 Å². The number of rotatable bonds is 3. The lowest BCUT2D eigenvalue weighted by atomic mass is 10.0. The minimum absolute atomic E-state index is 0.00454. The highest BCUT2D eigenvalue weighted by molar-refractivity contribution is 8.00. The van der Waals surface area contributed by atoms with Crippen molar-refractivity contribution in [2.45, 2.75) is 44.2 Å². The van der Waals surface area contributed by atoms with Crippen LogP contribution in [-0.2, 0) is 4.74 Å². The molecule has 1 saturated heterocycles. The maximum Gasteiger partial charge on any atom is 0.0893 e. The smallest absolute Gasteiger partial charge is 0.0893 e. The summed E-state index contributed by atoms with van der Waals surface area (Å²) in [6.45, 7) is 6.57. The second kappa shape index (κ2) is 3.99. The molecule has 3 heteroatoms. The van der Waals surface area contributed by atoms with E-state index in [-0.39, 0.29) is 5.60 Å². The summed E-state index contributed by atoms with van der Waals surface area (Å²) in [5.74, 6) is 1.20. The van der Waals surface area contributed by atoms with Crippen molar-refractivity contribution in [3.05, 3.63) is 0 Å². The van der Waals surface area contributed by atoms with Crippen LogP contribution in [0.3, 0.4) is 0 Å². The molecule has 1 fully saturated rings. The van der Waals surface area contributed by atoms with E-state index < -0.39 is 0 Å². The van der Waals surface area contributed by atoms with Gasteiger partial charge < -0.3 is 4.74 Å². The fourth-order valence-electron chi connectivity index (χ4n) is 1.38. The van der Waals surface area contributed by atoms with E-state index in [1.807, 2.05) is 11.8 Å². The van der Waals surface area contributed by atoms with Crippen molar-refractivity contribution in [3.63, 3.8) is 0 Å². The molecule has 1 N–H and O–H groups in total. The molecule has 0 saturated carbocycles. The first-order chi connectivity index (χ1) is 5.62. The number of nitrogens with one attached hydrogen (secondary N) is 1. The first kappa shape index (κ1) is 10.4. The van der Waals surface area contributed by atoms with Crippen LogP contribution in [0.2, 0.25) is 0 Å². The van der Waals surface area contributed by atoms with Crippen molar-refractivity contribution >= 4 is 11.8 Å². The zero-order chi connectivity index (χ0) is 9.19. The van der Waals surface area contributed by atoms with Crippen molar-refractivity contribution in [2.75, 3.05) is 12.9 Å². The summed E-state index contributed by atoms with van der Waals surface area (Å²) >= 11 is 1.97. The van der Waals surface area contributed by atoms with E-state index >= 15 is 0 Å². The number of hydrogen-bond acceptors (Lipinski definition) is 3. The molecule has 2 nitrogen and oxygen atoms in total. The summed E-state index contributed by atoms with van der Waals surface area (Å²) in [6, 6.07) is 0.626. The van der Waals surface area contributed by atoms with Crippen LogP contribution in [0.5, 0.6) is 0 Å². The fraction of sp³-hybridized carbons (Fsp3) is 1.00. The third kappa shape index (κ3) is 1.95. The fourth-order valence-corrected chi connectivity index (χ4v) is 2.91. The molecular weight excluding hydrogens is 170 g/mol. The van der Waals surface area contributed by atoms with E-state index in [9.17, 15) is 0 Å². The van der Waals surface area contributed by atoms with Gasteiger partial charge in [0.1, 0.15) is 0 Å². The van der Waals surface area contributed by atoms with Gasteiger partial charge in [-0.05, 0) is 20.3 Å². The molecule has 0 bridgehead atoms. The predicted octanol–water partition coefficient (Wildman–Crippen LogP) is 1.85. The topological polar surface area (TPSA) is 21.3 Å². The Kier molecular flexibility index (Phi) is 3.44. The highest BCUT2D eigenvalue weighted by atomic mass is 32.2. The van der Waals surface area contributed by atoms with Crippen molar-refractivity contribution < 1.29 is 4.74 Å². The summed E-state index contributed by atoms with van der Waals surface area (Å²) in [4.78, 5) is 0. The molecule has 0 amide bonds. The van der Waals surface area contributed by atoms with Crippen molar-refractivity contribution in [2.24, 2.45) is 0 Å². The molecule has 1 aliphatic rings. The molecule has 0 aliphatic carbocycles. The molecule has 3 atom stereocenters. The summed E-state index contributed by atoms with van der Waals surface area (Å²) in [6.07, 6.45) is 1.06. The maximum absolute atomic E-state index is 5.54. The van der Waals surface area contributed by atoms with Crippen LogP contribution in [0.1, 0.15) is 27.2 Å². The van der Waals surface area contributed by atoms with E-state index in [1.54, 1.807) is 7.11 Å². The van der Waals surface area contributed by atoms with Gasteiger partial charge >= 0.3 is 0 Å². The number of ether oxygens (including phenoxy) is 1. The van der Waals surface area contributed by atoms with Gasteiger partial charge in [0, 0.05) is 18.9 Å². The minimum Gasteiger partial charge on any atom is -0.376 e. The number of hydrogen-bond donors (Lipinski definition) is 1. The van der Waals surface area contributed by atoms with Crippen LogP contribution in [0, 0.1) is 0 Å². The van der Waals surface area contributed by atoms with Crippen LogP contribution in [-0.4, -0.2) is 29.9 Å². The normalized spacial score (nSPS) is 35.0. The molecule has 0 aromatic heterocycles. The third-order valence-electron chi connectivity index (χ3n) is 2.67. The lowest BCUT2D eigenvalue weighted by Gasteiger charge is -2.32. The van der Waals surface area contributed by atoms with Gasteiger partial charge in [-0.1, -0.05) is 6.92 Å². The average molecular weight is 189 g/mol. The Hall–Kier alpha value is 0.270. The molecule has 0 aromatic carbocycles. The van der Waals surface area contributed by atoms with Crippen molar-refractivity contribution in [1.82, 2.24) is 5.32 Å². The van der Waals surface area contributed by atoms with E-state index in [4.69, 9.17) is 4.74 Å². The third-order valence-corrected chi connectivity index (χ3v) is 4.33. The standard InChI is InChI=1S/C9H19NOS/c1-5-9(3,11-4)8-10-7(2)6-12-8/h7-8,10H,5-6H2,1-4H3. The molecule has 3 unspecified atom stereocenters. The average Bonchev–Trinajstić information content (AvgIpc) is 2.51. The monoisotopic (exact) mass is 189 g/mol. The van der Waals surface area contributed by atoms with Gasteiger partial charge in [-0.2, -0.15) is 0 Å². The first-order valence-corrected chi connectivity index (χ1v) is 5.60. The molecular formula is C9H19NOS. The molecule has 1 aliphatic heterocycles. The zero-order valence-electron chi connectivity index (χ0n) is 8.39. The summed E-state index contributed by atoms with van der Waals surface area (Å²) in [7, 11) is 1.80. The van der Waals surface area contributed by atoms with E-state index in [0.29, 0.717) is 11.4 Å². The lowest BCUT2D eigenvalue weighted by Crippen LogP contribution is -2.46. The largest absolute Gasteiger partial charge is 0.376 e. The van der Waals surface area contributed by atoms with Crippen LogP contribution < -0.4 is 5.32 Å². The highest BCUT2D eigenvalue weighted by Gasteiger charge is 2.37. The van der Waals surface area contributed by atoms with Gasteiger partial charge in [0.05, 0.1) is 11.0 Å². The van der Waals surface area contributed by atoms with Gasteiger partial charge in [0.25, 0.3) is 0 Å².